The zero-order valence-electron chi connectivity index (χ0n) is 19.6. The van der Waals surface area contributed by atoms with Gasteiger partial charge in [-0.3, -0.25) is 14.2 Å². The lowest BCUT2D eigenvalue weighted by atomic mass is 9.97. The Morgan fingerprint density at radius 3 is 2.77 bits per heavy atom. The molecule has 2 aliphatic heterocycles. The maximum absolute atomic E-state index is 12.9. The smallest absolute Gasteiger partial charge is 0.341 e. The van der Waals surface area contributed by atoms with Crippen LogP contribution >= 0.6 is 11.3 Å². The van der Waals surface area contributed by atoms with Gasteiger partial charge in [0.05, 0.1) is 17.4 Å². The molecule has 2 saturated heterocycles. The highest BCUT2D eigenvalue weighted by molar-refractivity contribution is 7.12. The minimum absolute atomic E-state index is 0.00628. The van der Waals surface area contributed by atoms with Crippen molar-refractivity contribution in [1.82, 2.24) is 19.9 Å². The number of ether oxygens (including phenoxy) is 1. The fourth-order valence-electron chi connectivity index (χ4n) is 4.56. The molecule has 2 unspecified atom stereocenters. The molecule has 184 valence electrons. The number of hydrogen-bond acceptors (Lipinski definition) is 8. The lowest BCUT2D eigenvalue weighted by Crippen LogP contribution is -2.55. The molecule has 10 nitrogen and oxygen atoms in total. The second-order valence-corrected chi connectivity index (χ2v) is 10.2. The molecule has 3 aromatic heterocycles. The van der Waals surface area contributed by atoms with Crippen molar-refractivity contribution in [2.24, 2.45) is 11.8 Å². The highest BCUT2D eigenvalue weighted by Crippen LogP contribution is 2.28. The van der Waals surface area contributed by atoms with Gasteiger partial charge in [-0.2, -0.15) is 0 Å². The van der Waals surface area contributed by atoms with Crippen LogP contribution in [0, 0.1) is 18.8 Å². The van der Waals surface area contributed by atoms with Gasteiger partial charge in [0.2, 0.25) is 11.3 Å². The predicted octanol–water partition coefficient (Wildman–Crippen LogP) is 2.22. The van der Waals surface area contributed by atoms with E-state index in [2.05, 4.69) is 17.2 Å². The first kappa shape index (κ1) is 23.4. The van der Waals surface area contributed by atoms with Crippen LogP contribution in [-0.2, 0) is 9.53 Å². The third-order valence-electron chi connectivity index (χ3n) is 6.68. The average molecular weight is 498 g/mol. The average Bonchev–Trinajstić information content (AvgIpc) is 3.32. The number of aromatic nitrogens is 3. The Kier molecular flexibility index (Phi) is 6.28. The van der Waals surface area contributed by atoms with Crippen LogP contribution in [0.4, 0.5) is 5.82 Å². The summed E-state index contributed by atoms with van der Waals surface area (Å²) in [5.41, 5.74) is 0.0704. The second-order valence-electron chi connectivity index (χ2n) is 9.34. The number of carboxylic acid groups (broad SMARTS) is 1. The zero-order valence-corrected chi connectivity index (χ0v) is 20.4. The van der Waals surface area contributed by atoms with Crippen LogP contribution in [0.5, 0.6) is 0 Å². The van der Waals surface area contributed by atoms with Gasteiger partial charge in [-0.15, -0.1) is 11.3 Å². The van der Waals surface area contributed by atoms with Crippen LogP contribution in [0.3, 0.4) is 0 Å². The molecule has 2 aliphatic rings. The first-order chi connectivity index (χ1) is 16.8. The normalized spacial score (nSPS) is 20.6. The van der Waals surface area contributed by atoms with E-state index in [9.17, 15) is 19.5 Å². The monoisotopic (exact) mass is 497 g/mol. The number of anilines is 1. The number of pyridine rings is 2. The van der Waals surface area contributed by atoms with E-state index in [1.54, 1.807) is 29.1 Å². The van der Waals surface area contributed by atoms with Crippen molar-refractivity contribution < 1.29 is 19.4 Å². The van der Waals surface area contributed by atoms with Crippen LogP contribution in [0.2, 0.25) is 0 Å². The van der Waals surface area contributed by atoms with E-state index in [0.29, 0.717) is 47.7 Å². The van der Waals surface area contributed by atoms with Gasteiger partial charge in [-0.05, 0) is 37.3 Å². The van der Waals surface area contributed by atoms with E-state index in [1.807, 2.05) is 4.90 Å². The quantitative estimate of drug-likeness (QED) is 0.531. The van der Waals surface area contributed by atoms with E-state index in [0.717, 1.165) is 19.4 Å². The van der Waals surface area contributed by atoms with E-state index in [1.165, 1.54) is 17.5 Å². The molecule has 0 bridgehead atoms. The minimum atomic E-state index is -1.30. The Hall–Kier alpha value is -3.31. The summed E-state index contributed by atoms with van der Waals surface area (Å²) in [6.45, 7) is 6.23. The largest absolute Gasteiger partial charge is 0.477 e. The van der Waals surface area contributed by atoms with Crippen LogP contribution in [-0.4, -0.2) is 63.9 Å². The molecule has 35 heavy (non-hydrogen) atoms. The van der Waals surface area contributed by atoms with Gasteiger partial charge in [0.1, 0.15) is 11.4 Å². The van der Waals surface area contributed by atoms with E-state index >= 15 is 0 Å². The number of carbonyl (C=O) groups excluding carboxylic acids is 1. The van der Waals surface area contributed by atoms with Crippen molar-refractivity contribution in [3.63, 3.8) is 0 Å². The van der Waals surface area contributed by atoms with Crippen LogP contribution in [0.1, 0.15) is 35.7 Å². The van der Waals surface area contributed by atoms with Gasteiger partial charge in [-0.1, -0.05) is 6.92 Å². The lowest BCUT2D eigenvalue weighted by Gasteiger charge is -2.39. The standard InChI is InChI=1S/C24H27N5O5S/c1-13-3-4-16(34-12-13)8-26-22(31)15-9-28(10-15)18-7-14(2)19-20(30)17(23(32)33)11-29(21(19)27-18)24-25-5-6-35-24/h5-7,11,13,15-16H,3-4,8-10,12H2,1-2H3,(H,26,31)(H,32,33). The third-order valence-corrected chi connectivity index (χ3v) is 7.45. The summed E-state index contributed by atoms with van der Waals surface area (Å²) in [5.74, 6) is -0.229. The number of hydrogen-bond donors (Lipinski definition) is 2. The lowest BCUT2D eigenvalue weighted by molar-refractivity contribution is -0.126. The first-order valence-electron chi connectivity index (χ1n) is 11.7. The molecule has 1 amide bonds. The van der Waals surface area contributed by atoms with E-state index < -0.39 is 11.4 Å². The van der Waals surface area contributed by atoms with Crippen LogP contribution in [0.25, 0.3) is 16.2 Å². The Labute approximate surface area is 205 Å². The van der Waals surface area contributed by atoms with Gasteiger partial charge in [0.25, 0.3) is 0 Å². The molecule has 0 radical (unpaired) electrons. The Morgan fingerprint density at radius 2 is 2.11 bits per heavy atom. The third kappa shape index (κ3) is 4.53. The van der Waals surface area contributed by atoms with Gasteiger partial charge < -0.3 is 20.1 Å². The fourth-order valence-corrected chi connectivity index (χ4v) is 5.18. The van der Waals surface area contributed by atoms with E-state index in [-0.39, 0.29) is 28.9 Å². The topological polar surface area (TPSA) is 127 Å². The van der Waals surface area contributed by atoms with Gasteiger partial charge in [-0.25, -0.2) is 14.8 Å². The number of rotatable bonds is 6. The van der Waals surface area contributed by atoms with Gasteiger partial charge in [0.15, 0.2) is 10.8 Å². The molecule has 2 N–H and O–H groups in total. The molecular weight excluding hydrogens is 470 g/mol. The van der Waals surface area contributed by atoms with Crippen LogP contribution in [0.15, 0.2) is 28.6 Å². The van der Waals surface area contributed by atoms with Crippen molar-refractivity contribution in [1.29, 1.82) is 0 Å². The highest BCUT2D eigenvalue weighted by atomic mass is 32.1. The van der Waals surface area contributed by atoms with Crippen molar-refractivity contribution in [2.45, 2.75) is 32.8 Å². The number of amides is 1. The molecule has 0 aromatic carbocycles. The summed E-state index contributed by atoms with van der Waals surface area (Å²) >= 11 is 1.32. The minimum Gasteiger partial charge on any atom is -0.477 e. The summed E-state index contributed by atoms with van der Waals surface area (Å²) in [4.78, 5) is 48.2. The molecular formula is C24H27N5O5S. The maximum atomic E-state index is 12.9. The maximum Gasteiger partial charge on any atom is 0.341 e. The molecule has 5 rings (SSSR count). The molecule has 11 heteroatoms. The summed E-state index contributed by atoms with van der Waals surface area (Å²) in [7, 11) is 0. The Balaban J connectivity index is 1.35. The highest BCUT2D eigenvalue weighted by Gasteiger charge is 2.34. The molecule has 0 aliphatic carbocycles. The number of carbonyl (C=O) groups is 2. The van der Waals surface area contributed by atoms with Crippen molar-refractivity contribution in [3.8, 4) is 5.13 Å². The Morgan fingerprint density at radius 1 is 1.31 bits per heavy atom. The SMILES string of the molecule is Cc1cc(N2CC(C(=O)NCC3CCC(C)CO3)C2)nc2c1c(=O)c(C(=O)O)cn2-c1nccs1. The number of aromatic carboxylic acids is 1. The number of carboxylic acids is 1. The molecule has 5 heterocycles. The van der Waals surface area contributed by atoms with Crippen molar-refractivity contribution in [2.75, 3.05) is 31.1 Å². The molecule has 3 aromatic rings. The summed E-state index contributed by atoms with van der Waals surface area (Å²) in [5, 5.41) is 15.1. The Bertz CT molecular complexity index is 1320. The number of nitrogens with zero attached hydrogens (tertiary/aromatic N) is 4. The molecule has 0 saturated carbocycles. The van der Waals surface area contributed by atoms with Crippen LogP contribution < -0.4 is 15.6 Å². The number of fused-ring (bicyclic) bond motifs is 1. The van der Waals surface area contributed by atoms with E-state index in [4.69, 9.17) is 9.72 Å². The zero-order chi connectivity index (χ0) is 24.7. The number of nitrogens with one attached hydrogen (secondary N) is 1. The first-order valence-corrected chi connectivity index (χ1v) is 12.5. The van der Waals surface area contributed by atoms with Crippen molar-refractivity contribution >= 4 is 40.1 Å². The second kappa shape index (κ2) is 9.38. The number of thiazole rings is 1. The van der Waals surface area contributed by atoms with Gasteiger partial charge >= 0.3 is 5.97 Å². The molecule has 0 spiro atoms. The fraction of sp³-hybridized carbons (Fsp3) is 0.458. The molecule has 2 fully saturated rings. The number of aryl methyl sites for hydroxylation is 1. The predicted molar refractivity (Wildman–Crippen MR) is 132 cm³/mol. The molecule has 2 atom stereocenters. The summed E-state index contributed by atoms with van der Waals surface area (Å²) in [6.07, 6.45) is 5.05. The van der Waals surface area contributed by atoms with Crippen molar-refractivity contribution in [3.05, 3.63) is 45.2 Å². The van der Waals surface area contributed by atoms with Gasteiger partial charge in [0, 0.05) is 44.0 Å². The summed E-state index contributed by atoms with van der Waals surface area (Å²) in [6, 6.07) is 1.77. The summed E-state index contributed by atoms with van der Waals surface area (Å²) < 4.78 is 7.34.